The van der Waals surface area contributed by atoms with Crippen molar-refractivity contribution in [2.75, 3.05) is 6.54 Å². The number of halogens is 1. The molecule has 1 N–H and O–H groups in total. The molecule has 1 aromatic carbocycles. The van der Waals surface area contributed by atoms with Gasteiger partial charge in [0.1, 0.15) is 0 Å². The molecule has 4 heteroatoms. The number of alkyl halides is 1. The van der Waals surface area contributed by atoms with E-state index in [1.54, 1.807) is 0 Å². The summed E-state index contributed by atoms with van der Waals surface area (Å²) in [5.74, 6) is 0.552. The summed E-state index contributed by atoms with van der Waals surface area (Å²) in [6.07, 6.45) is 2.39. The highest BCUT2D eigenvalue weighted by molar-refractivity contribution is 6.21. The lowest BCUT2D eigenvalue weighted by atomic mass is 10.1. The monoisotopic (exact) mass is 265 g/mol. The zero-order valence-electron chi connectivity index (χ0n) is 10.1. The molecule has 0 bridgehead atoms. The predicted octanol–water partition coefficient (Wildman–Crippen LogP) is 2.46. The highest BCUT2D eigenvalue weighted by atomic mass is 35.5. The first-order chi connectivity index (χ1) is 8.74. The number of ether oxygens (including phenoxy) is 1. The maximum absolute atomic E-state index is 12.0. The minimum absolute atomic E-state index is 0.0454. The van der Waals surface area contributed by atoms with Crippen molar-refractivity contribution in [1.29, 1.82) is 0 Å². The number of carbonyl (C=O) groups excluding carboxylic acids is 1. The van der Waals surface area contributed by atoms with Crippen LogP contribution < -0.4 is 5.32 Å². The Balaban J connectivity index is 1.61. The number of nitrogens with one attached hydrogen (secondary N) is 1. The third-order valence-corrected chi connectivity index (χ3v) is 4.09. The van der Waals surface area contributed by atoms with Gasteiger partial charge < -0.3 is 10.1 Å². The molecule has 18 heavy (non-hydrogen) atoms. The van der Waals surface area contributed by atoms with Crippen LogP contribution in [-0.4, -0.2) is 17.8 Å². The third kappa shape index (κ3) is 2.52. The molecular weight excluding hydrogens is 250 g/mol. The van der Waals surface area contributed by atoms with Crippen molar-refractivity contribution in [2.24, 2.45) is 5.92 Å². The minimum atomic E-state index is -0.0454. The van der Waals surface area contributed by atoms with E-state index in [4.69, 9.17) is 16.3 Å². The van der Waals surface area contributed by atoms with E-state index in [-0.39, 0.29) is 11.3 Å². The van der Waals surface area contributed by atoms with Gasteiger partial charge in [-0.05, 0) is 42.0 Å². The fourth-order valence-electron chi connectivity index (χ4n) is 2.23. The Labute approximate surface area is 111 Å². The Hall–Kier alpha value is -1.06. The lowest BCUT2D eigenvalue weighted by Gasteiger charge is -2.10. The lowest BCUT2D eigenvalue weighted by Crippen LogP contribution is -2.30. The average molecular weight is 266 g/mol. The lowest BCUT2D eigenvalue weighted by molar-refractivity contribution is 0.0953. The van der Waals surface area contributed by atoms with E-state index in [1.165, 1.54) is 18.4 Å². The Morgan fingerprint density at radius 3 is 2.94 bits per heavy atom. The normalized spacial score (nSPS) is 19.4. The van der Waals surface area contributed by atoms with Crippen LogP contribution in [0, 0.1) is 5.92 Å². The molecule has 0 saturated heterocycles. The Morgan fingerprint density at radius 2 is 2.17 bits per heavy atom. The van der Waals surface area contributed by atoms with E-state index in [0.29, 0.717) is 31.2 Å². The second-order valence-electron chi connectivity index (χ2n) is 5.04. The highest BCUT2D eigenvalue weighted by Gasteiger charge is 2.29. The first-order valence-electron chi connectivity index (χ1n) is 6.36. The molecule has 1 aliphatic heterocycles. The standard InChI is InChI=1S/C14H16ClNO2/c15-13(9-1-2-9)6-16-14(17)10-3-4-11-7-18-8-12(11)5-10/h3-5,9,13H,1-2,6-8H2,(H,16,17). The van der Waals surface area contributed by atoms with Gasteiger partial charge >= 0.3 is 0 Å². The van der Waals surface area contributed by atoms with Crippen LogP contribution in [0.15, 0.2) is 18.2 Å². The molecule has 1 atom stereocenters. The molecule has 1 amide bonds. The maximum Gasteiger partial charge on any atom is 0.251 e. The van der Waals surface area contributed by atoms with Gasteiger partial charge in [-0.15, -0.1) is 11.6 Å². The van der Waals surface area contributed by atoms with Crippen LogP contribution in [0.5, 0.6) is 0 Å². The van der Waals surface area contributed by atoms with Crippen LogP contribution in [0.25, 0.3) is 0 Å². The van der Waals surface area contributed by atoms with E-state index in [0.717, 1.165) is 5.56 Å². The number of hydrogen-bond acceptors (Lipinski definition) is 2. The van der Waals surface area contributed by atoms with Gasteiger partial charge in [-0.25, -0.2) is 0 Å². The van der Waals surface area contributed by atoms with Crippen molar-refractivity contribution in [3.05, 3.63) is 34.9 Å². The molecule has 0 radical (unpaired) electrons. The van der Waals surface area contributed by atoms with Crippen molar-refractivity contribution in [2.45, 2.75) is 31.4 Å². The fourth-order valence-corrected chi connectivity index (χ4v) is 2.56. The molecule has 96 valence electrons. The average Bonchev–Trinajstić information content (AvgIpc) is 3.13. The second kappa shape index (κ2) is 4.90. The van der Waals surface area contributed by atoms with Gasteiger partial charge in [-0.1, -0.05) is 6.07 Å². The molecule has 1 aromatic rings. The summed E-state index contributed by atoms with van der Waals surface area (Å²) in [4.78, 5) is 12.0. The first kappa shape index (κ1) is 12.0. The maximum atomic E-state index is 12.0. The quantitative estimate of drug-likeness (QED) is 0.850. The number of amides is 1. The summed E-state index contributed by atoms with van der Waals surface area (Å²) in [7, 11) is 0. The van der Waals surface area contributed by atoms with Gasteiger partial charge in [0.15, 0.2) is 0 Å². The zero-order valence-corrected chi connectivity index (χ0v) is 10.9. The van der Waals surface area contributed by atoms with Crippen LogP contribution in [0.3, 0.4) is 0 Å². The summed E-state index contributed by atoms with van der Waals surface area (Å²) >= 11 is 6.17. The Bertz CT molecular complexity index is 471. The molecule has 3 rings (SSSR count). The summed E-state index contributed by atoms with van der Waals surface area (Å²) < 4.78 is 5.33. The summed E-state index contributed by atoms with van der Waals surface area (Å²) in [6.45, 7) is 1.82. The molecule has 3 nitrogen and oxygen atoms in total. The van der Waals surface area contributed by atoms with Crippen LogP contribution >= 0.6 is 11.6 Å². The molecule has 1 unspecified atom stereocenters. The second-order valence-corrected chi connectivity index (χ2v) is 5.60. The summed E-state index contributed by atoms with van der Waals surface area (Å²) in [5, 5.41) is 2.98. The van der Waals surface area contributed by atoms with Crippen LogP contribution in [0.2, 0.25) is 0 Å². The van der Waals surface area contributed by atoms with Crippen molar-refractivity contribution in [3.63, 3.8) is 0 Å². The molecule has 1 heterocycles. The largest absolute Gasteiger partial charge is 0.372 e. The minimum Gasteiger partial charge on any atom is -0.372 e. The molecule has 0 spiro atoms. The Morgan fingerprint density at radius 1 is 1.39 bits per heavy atom. The van der Waals surface area contributed by atoms with E-state index in [2.05, 4.69) is 5.32 Å². The number of fused-ring (bicyclic) bond motifs is 1. The number of hydrogen-bond donors (Lipinski definition) is 1. The van der Waals surface area contributed by atoms with Gasteiger partial charge in [-0.3, -0.25) is 4.79 Å². The smallest absolute Gasteiger partial charge is 0.251 e. The summed E-state index contributed by atoms with van der Waals surface area (Å²) in [6, 6.07) is 5.73. The van der Waals surface area contributed by atoms with Crippen LogP contribution in [-0.2, 0) is 18.0 Å². The van der Waals surface area contributed by atoms with Crippen molar-refractivity contribution in [1.82, 2.24) is 5.32 Å². The third-order valence-electron chi connectivity index (χ3n) is 3.57. The van der Waals surface area contributed by atoms with Gasteiger partial charge in [0, 0.05) is 12.1 Å². The topological polar surface area (TPSA) is 38.3 Å². The van der Waals surface area contributed by atoms with Gasteiger partial charge in [0.2, 0.25) is 0 Å². The number of benzene rings is 1. The van der Waals surface area contributed by atoms with E-state index >= 15 is 0 Å². The molecule has 2 aliphatic rings. The molecular formula is C14H16ClNO2. The van der Waals surface area contributed by atoms with Crippen LogP contribution in [0.4, 0.5) is 0 Å². The Kier molecular flexibility index (Phi) is 3.27. The van der Waals surface area contributed by atoms with E-state index in [9.17, 15) is 4.79 Å². The van der Waals surface area contributed by atoms with Gasteiger partial charge in [0.25, 0.3) is 5.91 Å². The number of rotatable bonds is 4. The van der Waals surface area contributed by atoms with Gasteiger partial charge in [0.05, 0.1) is 18.6 Å². The summed E-state index contributed by atoms with van der Waals surface area (Å²) in [5.41, 5.74) is 2.99. The fraction of sp³-hybridized carbons (Fsp3) is 0.500. The predicted molar refractivity (Wildman–Crippen MR) is 69.6 cm³/mol. The zero-order chi connectivity index (χ0) is 12.5. The van der Waals surface area contributed by atoms with E-state index < -0.39 is 0 Å². The first-order valence-corrected chi connectivity index (χ1v) is 6.79. The van der Waals surface area contributed by atoms with Gasteiger partial charge in [-0.2, -0.15) is 0 Å². The van der Waals surface area contributed by atoms with Crippen molar-refractivity contribution in [3.8, 4) is 0 Å². The van der Waals surface area contributed by atoms with Crippen LogP contribution in [0.1, 0.15) is 34.3 Å². The SMILES string of the molecule is O=C(NCC(Cl)C1CC1)c1ccc2c(c1)COC2. The number of carbonyl (C=O) groups is 1. The van der Waals surface area contributed by atoms with Crippen molar-refractivity contribution >= 4 is 17.5 Å². The van der Waals surface area contributed by atoms with Crippen molar-refractivity contribution < 1.29 is 9.53 Å². The molecule has 0 aromatic heterocycles. The molecule has 1 fully saturated rings. The molecule has 1 saturated carbocycles. The van der Waals surface area contributed by atoms with E-state index in [1.807, 2.05) is 18.2 Å². The molecule has 1 aliphatic carbocycles. The highest BCUT2D eigenvalue weighted by Crippen LogP contribution is 2.35.